The second-order valence-electron chi connectivity index (χ2n) is 5.49. The van der Waals surface area contributed by atoms with Crippen molar-refractivity contribution in [3.05, 3.63) is 34.9 Å². The van der Waals surface area contributed by atoms with Crippen LogP contribution in [0.5, 0.6) is 0 Å². The maximum Gasteiger partial charge on any atom is 0.0928 e. The average Bonchev–Trinajstić information content (AvgIpc) is 2.36. The summed E-state index contributed by atoms with van der Waals surface area (Å²) in [5.41, 5.74) is 0.794. The summed E-state index contributed by atoms with van der Waals surface area (Å²) in [5, 5.41) is 22.5. The standard InChI is InChI=1S/C15H21ClN2O/c1-15(2,8-5-9-17)11-18-10-14(19)12-6-3-4-7-13(12)16/h3-4,6-7,14,18-19H,5,8,10-11H2,1-2H3. The number of halogens is 1. The highest BCUT2D eigenvalue weighted by molar-refractivity contribution is 6.31. The van der Waals surface area contributed by atoms with Crippen LogP contribution in [-0.4, -0.2) is 18.2 Å². The molecule has 0 aliphatic carbocycles. The number of nitrogens with zero attached hydrogens (tertiary/aromatic N) is 1. The van der Waals surface area contributed by atoms with Crippen LogP contribution in [-0.2, 0) is 0 Å². The Balaban J connectivity index is 2.41. The zero-order valence-corrected chi connectivity index (χ0v) is 12.2. The van der Waals surface area contributed by atoms with Crippen LogP contribution in [0, 0.1) is 16.7 Å². The van der Waals surface area contributed by atoms with Gasteiger partial charge in [-0.3, -0.25) is 0 Å². The van der Waals surface area contributed by atoms with E-state index in [1.165, 1.54) is 0 Å². The van der Waals surface area contributed by atoms with Gasteiger partial charge in [-0.15, -0.1) is 0 Å². The molecule has 0 amide bonds. The fourth-order valence-corrected chi connectivity index (χ4v) is 2.15. The molecule has 1 aromatic rings. The first-order valence-electron chi connectivity index (χ1n) is 6.46. The first kappa shape index (κ1) is 16.0. The topological polar surface area (TPSA) is 56.0 Å². The van der Waals surface area contributed by atoms with Crippen molar-refractivity contribution < 1.29 is 5.11 Å². The fourth-order valence-electron chi connectivity index (χ4n) is 1.89. The van der Waals surface area contributed by atoms with Gasteiger partial charge in [0.25, 0.3) is 0 Å². The normalized spacial score (nSPS) is 13.0. The second-order valence-corrected chi connectivity index (χ2v) is 5.90. The number of nitrogens with one attached hydrogen (secondary N) is 1. The van der Waals surface area contributed by atoms with Crippen molar-refractivity contribution in [1.82, 2.24) is 5.32 Å². The molecule has 0 spiro atoms. The van der Waals surface area contributed by atoms with Gasteiger partial charge in [0, 0.05) is 30.1 Å². The molecule has 1 aromatic carbocycles. The minimum Gasteiger partial charge on any atom is -0.387 e. The molecule has 0 aliphatic heterocycles. The van der Waals surface area contributed by atoms with Crippen molar-refractivity contribution in [1.29, 1.82) is 5.26 Å². The monoisotopic (exact) mass is 280 g/mol. The SMILES string of the molecule is CC(C)(CCC#N)CNCC(O)c1ccccc1Cl. The molecule has 0 bridgehead atoms. The van der Waals surface area contributed by atoms with Gasteiger partial charge in [-0.25, -0.2) is 0 Å². The van der Waals surface area contributed by atoms with E-state index in [9.17, 15) is 5.11 Å². The van der Waals surface area contributed by atoms with E-state index in [0.29, 0.717) is 18.0 Å². The molecular formula is C15H21ClN2O. The lowest BCUT2D eigenvalue weighted by Crippen LogP contribution is -2.32. The van der Waals surface area contributed by atoms with Gasteiger partial charge in [0.05, 0.1) is 12.2 Å². The Morgan fingerprint density at radius 3 is 2.74 bits per heavy atom. The summed E-state index contributed by atoms with van der Waals surface area (Å²) in [4.78, 5) is 0. The van der Waals surface area contributed by atoms with Gasteiger partial charge in [0.2, 0.25) is 0 Å². The van der Waals surface area contributed by atoms with Crippen molar-refractivity contribution in [3.8, 4) is 6.07 Å². The average molecular weight is 281 g/mol. The van der Waals surface area contributed by atoms with E-state index in [0.717, 1.165) is 18.5 Å². The molecular weight excluding hydrogens is 260 g/mol. The molecule has 104 valence electrons. The molecule has 19 heavy (non-hydrogen) atoms. The van der Waals surface area contributed by atoms with Crippen LogP contribution in [0.1, 0.15) is 38.4 Å². The predicted octanol–water partition coefficient (Wildman–Crippen LogP) is 3.29. The van der Waals surface area contributed by atoms with Gasteiger partial charge >= 0.3 is 0 Å². The zero-order chi connectivity index (χ0) is 14.3. The van der Waals surface area contributed by atoms with Crippen LogP contribution in [0.4, 0.5) is 0 Å². The van der Waals surface area contributed by atoms with E-state index >= 15 is 0 Å². The van der Waals surface area contributed by atoms with Gasteiger partial charge < -0.3 is 10.4 Å². The number of hydrogen-bond donors (Lipinski definition) is 2. The first-order valence-corrected chi connectivity index (χ1v) is 6.84. The summed E-state index contributed by atoms with van der Waals surface area (Å²) in [6, 6.07) is 9.47. The Labute approximate surface area is 120 Å². The molecule has 1 rings (SSSR count). The highest BCUT2D eigenvalue weighted by Crippen LogP contribution is 2.23. The second kappa shape index (κ2) is 7.49. The van der Waals surface area contributed by atoms with Crippen LogP contribution in [0.2, 0.25) is 5.02 Å². The van der Waals surface area contributed by atoms with Crippen molar-refractivity contribution in [2.75, 3.05) is 13.1 Å². The van der Waals surface area contributed by atoms with E-state index in [-0.39, 0.29) is 5.41 Å². The van der Waals surface area contributed by atoms with Crippen molar-refractivity contribution >= 4 is 11.6 Å². The van der Waals surface area contributed by atoms with Gasteiger partial charge in [0.15, 0.2) is 0 Å². The third-order valence-electron chi connectivity index (χ3n) is 3.12. The quantitative estimate of drug-likeness (QED) is 0.806. The van der Waals surface area contributed by atoms with E-state index in [2.05, 4.69) is 25.2 Å². The summed E-state index contributed by atoms with van der Waals surface area (Å²) in [5.74, 6) is 0. The Morgan fingerprint density at radius 1 is 1.42 bits per heavy atom. The number of aliphatic hydroxyl groups excluding tert-OH is 1. The number of rotatable bonds is 7. The molecule has 0 aliphatic rings. The third-order valence-corrected chi connectivity index (χ3v) is 3.46. The Bertz CT molecular complexity index is 440. The molecule has 4 heteroatoms. The maximum atomic E-state index is 10.1. The zero-order valence-electron chi connectivity index (χ0n) is 11.5. The Hall–Kier alpha value is -1.08. The minimum atomic E-state index is -0.611. The summed E-state index contributed by atoms with van der Waals surface area (Å²) in [7, 11) is 0. The lowest BCUT2D eigenvalue weighted by Gasteiger charge is -2.25. The summed E-state index contributed by atoms with van der Waals surface area (Å²) < 4.78 is 0. The van der Waals surface area contributed by atoms with Gasteiger partial charge in [0.1, 0.15) is 0 Å². The predicted molar refractivity (Wildman–Crippen MR) is 77.9 cm³/mol. The van der Waals surface area contributed by atoms with Gasteiger partial charge in [-0.2, -0.15) is 5.26 Å². The number of benzene rings is 1. The number of hydrogen-bond acceptors (Lipinski definition) is 3. The largest absolute Gasteiger partial charge is 0.387 e. The molecule has 1 atom stereocenters. The first-order chi connectivity index (χ1) is 8.96. The summed E-state index contributed by atoms with van der Waals surface area (Å²) >= 11 is 6.03. The molecule has 0 heterocycles. The molecule has 1 unspecified atom stereocenters. The molecule has 0 radical (unpaired) electrons. The Morgan fingerprint density at radius 2 is 2.11 bits per heavy atom. The Kier molecular flexibility index (Phi) is 6.30. The fraction of sp³-hybridized carbons (Fsp3) is 0.533. The van der Waals surface area contributed by atoms with Crippen molar-refractivity contribution in [3.63, 3.8) is 0 Å². The van der Waals surface area contributed by atoms with E-state index in [1.54, 1.807) is 6.07 Å². The van der Waals surface area contributed by atoms with Crippen LogP contribution in [0.15, 0.2) is 24.3 Å². The number of nitriles is 1. The molecule has 2 N–H and O–H groups in total. The van der Waals surface area contributed by atoms with Crippen molar-refractivity contribution in [2.24, 2.45) is 5.41 Å². The summed E-state index contributed by atoms with van der Waals surface area (Å²) in [6.45, 7) is 5.44. The molecule has 0 fully saturated rings. The minimum absolute atomic E-state index is 0.0515. The maximum absolute atomic E-state index is 10.1. The van der Waals surface area contributed by atoms with Gasteiger partial charge in [-0.05, 0) is 17.9 Å². The van der Waals surface area contributed by atoms with E-state index in [4.69, 9.17) is 16.9 Å². The molecule has 0 aromatic heterocycles. The van der Waals surface area contributed by atoms with Crippen molar-refractivity contribution in [2.45, 2.75) is 32.8 Å². The van der Waals surface area contributed by atoms with E-state index in [1.807, 2.05) is 18.2 Å². The van der Waals surface area contributed by atoms with E-state index < -0.39 is 6.10 Å². The molecule has 0 saturated carbocycles. The van der Waals surface area contributed by atoms with Gasteiger partial charge in [-0.1, -0.05) is 43.6 Å². The van der Waals surface area contributed by atoms with Crippen LogP contribution in [0.3, 0.4) is 0 Å². The summed E-state index contributed by atoms with van der Waals surface area (Å²) in [6.07, 6.45) is 0.793. The molecule has 0 saturated heterocycles. The van der Waals surface area contributed by atoms with Crippen LogP contribution in [0.25, 0.3) is 0 Å². The third kappa shape index (κ3) is 5.61. The van der Waals surface area contributed by atoms with Crippen LogP contribution < -0.4 is 5.32 Å². The number of aliphatic hydroxyl groups is 1. The lowest BCUT2D eigenvalue weighted by molar-refractivity contribution is 0.167. The smallest absolute Gasteiger partial charge is 0.0928 e. The highest BCUT2D eigenvalue weighted by atomic mass is 35.5. The highest BCUT2D eigenvalue weighted by Gasteiger charge is 2.18. The lowest BCUT2D eigenvalue weighted by atomic mass is 9.88. The van der Waals surface area contributed by atoms with Crippen LogP contribution >= 0.6 is 11.6 Å². The molecule has 3 nitrogen and oxygen atoms in total.